The highest BCUT2D eigenvalue weighted by Crippen LogP contribution is 2.37. The smallest absolute Gasteiger partial charge is 0.0256 e. The Morgan fingerprint density at radius 3 is 2.95 bits per heavy atom. The van der Waals surface area contributed by atoms with Gasteiger partial charge in [-0.2, -0.15) is 11.8 Å². The topological polar surface area (TPSA) is 15.3 Å². The highest BCUT2D eigenvalue weighted by atomic mass is 32.2. The van der Waals surface area contributed by atoms with Crippen molar-refractivity contribution in [2.75, 3.05) is 31.9 Å². The van der Waals surface area contributed by atoms with Crippen molar-refractivity contribution < 1.29 is 0 Å². The van der Waals surface area contributed by atoms with Gasteiger partial charge in [0.25, 0.3) is 0 Å². The summed E-state index contributed by atoms with van der Waals surface area (Å²) in [5.41, 5.74) is 1.46. The summed E-state index contributed by atoms with van der Waals surface area (Å²) in [6.07, 6.45) is 5.28. The fraction of sp³-hybridized carbons (Fsp3) is 0.667. The molecule has 0 saturated carbocycles. The minimum Gasteiger partial charge on any atom is -0.311 e. The van der Waals surface area contributed by atoms with Crippen LogP contribution in [0.5, 0.6) is 0 Å². The average Bonchev–Trinajstić information content (AvgIpc) is 3.14. The summed E-state index contributed by atoms with van der Waals surface area (Å²) in [5, 5.41) is 3.83. The van der Waals surface area contributed by atoms with Gasteiger partial charge in [-0.3, -0.25) is 0 Å². The Kier molecular flexibility index (Phi) is 5.25. The van der Waals surface area contributed by atoms with Crippen LogP contribution in [0.2, 0.25) is 0 Å². The first kappa shape index (κ1) is 15.4. The molecule has 2 nitrogen and oxygen atoms in total. The van der Waals surface area contributed by atoms with Crippen LogP contribution in [-0.2, 0) is 6.42 Å². The van der Waals surface area contributed by atoms with Crippen LogP contribution in [0, 0.1) is 0 Å². The Labute approximate surface area is 133 Å². The second-order valence-corrected chi connectivity index (χ2v) is 8.49. The molecule has 0 amide bonds. The van der Waals surface area contributed by atoms with Gasteiger partial charge in [-0.1, -0.05) is 30.3 Å². The lowest BCUT2D eigenvalue weighted by molar-refractivity contribution is 0.330. The lowest BCUT2D eigenvalue weighted by Gasteiger charge is -2.25. The highest BCUT2D eigenvalue weighted by Gasteiger charge is 2.31. The lowest BCUT2D eigenvalue weighted by atomic mass is 10.1. The van der Waals surface area contributed by atoms with E-state index in [9.17, 15) is 0 Å². The van der Waals surface area contributed by atoms with Crippen molar-refractivity contribution in [1.29, 1.82) is 0 Å². The maximum Gasteiger partial charge on any atom is 0.0256 e. The number of nitrogens with zero attached hydrogens (tertiary/aromatic N) is 1. The molecule has 1 aromatic rings. The lowest BCUT2D eigenvalue weighted by Crippen LogP contribution is -2.41. The molecule has 21 heavy (non-hydrogen) atoms. The molecule has 0 bridgehead atoms. The van der Waals surface area contributed by atoms with Gasteiger partial charge in [0.05, 0.1) is 0 Å². The van der Waals surface area contributed by atoms with E-state index in [-0.39, 0.29) is 0 Å². The molecule has 0 spiro atoms. The molecule has 116 valence electrons. The van der Waals surface area contributed by atoms with Crippen molar-refractivity contribution in [1.82, 2.24) is 10.2 Å². The summed E-state index contributed by atoms with van der Waals surface area (Å²) in [7, 11) is 0. The van der Waals surface area contributed by atoms with Crippen molar-refractivity contribution in [3.05, 3.63) is 35.9 Å². The van der Waals surface area contributed by atoms with E-state index < -0.39 is 0 Å². The first-order chi connectivity index (χ1) is 10.2. The number of rotatable bonds is 6. The van der Waals surface area contributed by atoms with E-state index >= 15 is 0 Å². The van der Waals surface area contributed by atoms with Crippen LogP contribution in [0.3, 0.4) is 0 Å². The molecule has 2 heterocycles. The fourth-order valence-electron chi connectivity index (χ4n) is 3.47. The summed E-state index contributed by atoms with van der Waals surface area (Å²) < 4.78 is 0.497. The maximum absolute atomic E-state index is 3.83. The molecule has 1 N–H and O–H groups in total. The van der Waals surface area contributed by atoms with E-state index in [1.54, 1.807) is 0 Å². The van der Waals surface area contributed by atoms with Crippen molar-refractivity contribution in [3.63, 3.8) is 0 Å². The Balaban J connectivity index is 1.37. The Morgan fingerprint density at radius 1 is 1.33 bits per heavy atom. The number of hydrogen-bond acceptors (Lipinski definition) is 3. The van der Waals surface area contributed by atoms with Crippen LogP contribution < -0.4 is 5.32 Å². The molecular formula is C18H28N2S. The van der Waals surface area contributed by atoms with Gasteiger partial charge in [-0.25, -0.2) is 0 Å². The molecule has 0 radical (unpaired) electrons. The zero-order valence-electron chi connectivity index (χ0n) is 13.2. The summed E-state index contributed by atoms with van der Waals surface area (Å²) in [5.74, 6) is 1.35. The van der Waals surface area contributed by atoms with Crippen molar-refractivity contribution >= 4 is 11.8 Å². The van der Waals surface area contributed by atoms with E-state index in [1.807, 2.05) is 0 Å². The summed E-state index contributed by atoms with van der Waals surface area (Å²) in [6, 6.07) is 11.6. The molecule has 0 aliphatic carbocycles. The first-order valence-corrected chi connectivity index (χ1v) is 9.36. The van der Waals surface area contributed by atoms with Gasteiger partial charge in [-0.15, -0.1) is 0 Å². The Morgan fingerprint density at radius 2 is 2.19 bits per heavy atom. The van der Waals surface area contributed by atoms with E-state index in [0.29, 0.717) is 10.8 Å². The minimum atomic E-state index is 0.497. The molecule has 2 aliphatic heterocycles. The molecule has 3 rings (SSSR count). The van der Waals surface area contributed by atoms with Gasteiger partial charge >= 0.3 is 0 Å². The van der Waals surface area contributed by atoms with Gasteiger partial charge in [-0.05, 0) is 50.5 Å². The quantitative estimate of drug-likeness (QED) is 0.869. The van der Waals surface area contributed by atoms with Gasteiger partial charge in [0.1, 0.15) is 0 Å². The molecular weight excluding hydrogens is 276 g/mol. The second-order valence-electron chi connectivity index (χ2n) is 6.80. The average molecular weight is 305 g/mol. The zero-order valence-corrected chi connectivity index (χ0v) is 14.0. The monoisotopic (exact) mass is 304 g/mol. The number of benzene rings is 1. The molecule has 2 aliphatic rings. The maximum atomic E-state index is 3.83. The van der Waals surface area contributed by atoms with Crippen LogP contribution in [0.25, 0.3) is 0 Å². The molecule has 0 aromatic heterocycles. The normalized spacial score (nSPS) is 30.0. The standard InChI is InChI=1S/C18H28N2S/c1-18(10-5-13-21-18)15-19-17-9-12-20(14-17)11-8-16-6-3-2-4-7-16/h2-4,6-7,17,19H,5,8-15H2,1H3. The minimum absolute atomic E-state index is 0.497. The van der Waals surface area contributed by atoms with Gasteiger partial charge in [0.2, 0.25) is 0 Å². The molecule has 2 saturated heterocycles. The van der Waals surface area contributed by atoms with Crippen LogP contribution in [-0.4, -0.2) is 47.6 Å². The molecule has 1 aromatic carbocycles. The van der Waals surface area contributed by atoms with E-state index in [2.05, 4.69) is 59.2 Å². The van der Waals surface area contributed by atoms with Crippen molar-refractivity contribution in [3.8, 4) is 0 Å². The number of likely N-dealkylation sites (tertiary alicyclic amines) is 1. The summed E-state index contributed by atoms with van der Waals surface area (Å²) >= 11 is 2.16. The van der Waals surface area contributed by atoms with Gasteiger partial charge < -0.3 is 10.2 Å². The summed E-state index contributed by atoms with van der Waals surface area (Å²) in [4.78, 5) is 2.62. The second kappa shape index (κ2) is 7.17. The molecule has 2 fully saturated rings. The third-order valence-corrected chi connectivity index (χ3v) is 6.44. The number of thioether (sulfide) groups is 1. The van der Waals surface area contributed by atoms with Crippen LogP contribution in [0.1, 0.15) is 31.7 Å². The number of hydrogen-bond donors (Lipinski definition) is 1. The van der Waals surface area contributed by atoms with Gasteiger partial charge in [0.15, 0.2) is 0 Å². The molecule has 2 atom stereocenters. The van der Waals surface area contributed by atoms with E-state index in [0.717, 1.165) is 0 Å². The van der Waals surface area contributed by atoms with Crippen molar-refractivity contribution in [2.45, 2.75) is 43.4 Å². The predicted molar refractivity (Wildman–Crippen MR) is 93.1 cm³/mol. The summed E-state index contributed by atoms with van der Waals surface area (Å²) in [6.45, 7) is 7.31. The Hall–Kier alpha value is -0.510. The fourth-order valence-corrected chi connectivity index (χ4v) is 4.73. The van der Waals surface area contributed by atoms with Crippen LogP contribution in [0.15, 0.2) is 30.3 Å². The van der Waals surface area contributed by atoms with E-state index in [1.165, 1.54) is 63.2 Å². The SMILES string of the molecule is CC1(CNC2CCN(CCc3ccccc3)C2)CCCS1. The zero-order chi connectivity index (χ0) is 14.5. The van der Waals surface area contributed by atoms with Crippen LogP contribution in [0.4, 0.5) is 0 Å². The van der Waals surface area contributed by atoms with Crippen LogP contribution >= 0.6 is 11.8 Å². The highest BCUT2D eigenvalue weighted by molar-refractivity contribution is 8.00. The molecule has 3 heteroatoms. The first-order valence-electron chi connectivity index (χ1n) is 8.37. The largest absolute Gasteiger partial charge is 0.311 e. The molecule has 2 unspecified atom stereocenters. The van der Waals surface area contributed by atoms with E-state index in [4.69, 9.17) is 0 Å². The number of nitrogens with one attached hydrogen (secondary N) is 1. The van der Waals surface area contributed by atoms with Crippen molar-refractivity contribution in [2.24, 2.45) is 0 Å². The van der Waals surface area contributed by atoms with Gasteiger partial charge in [0, 0.05) is 30.4 Å². The predicted octanol–water partition coefficient (Wildman–Crippen LogP) is 3.18. The third-order valence-electron chi connectivity index (χ3n) is 4.90. The Bertz CT molecular complexity index is 428. The third kappa shape index (κ3) is 4.48.